The van der Waals surface area contributed by atoms with E-state index in [-0.39, 0.29) is 22.3 Å². The first kappa shape index (κ1) is 19.0. The fraction of sp³-hybridized carbons (Fsp3) is 0.389. The Balaban J connectivity index is 1.68. The SMILES string of the molecule is Cn1cc2c(c1C(=O)Nc1cc(F)c(F)c(F)c1)CC[C@H](C1CC1)NS2(=N)=O. The number of rotatable bonds is 3. The number of benzene rings is 1. The van der Waals surface area contributed by atoms with Crippen LogP contribution < -0.4 is 10.0 Å². The van der Waals surface area contributed by atoms with Gasteiger partial charge < -0.3 is 9.88 Å². The molecule has 2 aromatic rings. The van der Waals surface area contributed by atoms with E-state index in [1.165, 1.54) is 10.8 Å². The van der Waals surface area contributed by atoms with Crippen LogP contribution in [0.15, 0.2) is 23.2 Å². The van der Waals surface area contributed by atoms with E-state index in [0.29, 0.717) is 36.5 Å². The molecule has 3 N–H and O–H groups in total. The maximum absolute atomic E-state index is 13.4. The molecule has 4 rings (SSSR count). The molecule has 1 aromatic carbocycles. The highest BCUT2D eigenvalue weighted by Gasteiger charge is 2.37. The van der Waals surface area contributed by atoms with Crippen molar-refractivity contribution in [3.8, 4) is 0 Å². The molecule has 0 saturated heterocycles. The van der Waals surface area contributed by atoms with Crippen molar-refractivity contribution in [1.82, 2.24) is 9.29 Å². The highest BCUT2D eigenvalue weighted by atomic mass is 32.2. The molecule has 1 fully saturated rings. The van der Waals surface area contributed by atoms with Crippen molar-refractivity contribution >= 4 is 21.5 Å². The largest absolute Gasteiger partial charge is 0.345 e. The lowest BCUT2D eigenvalue weighted by molar-refractivity contribution is 0.101. The number of hydrogen-bond donors (Lipinski definition) is 3. The van der Waals surface area contributed by atoms with Crippen molar-refractivity contribution < 1.29 is 22.2 Å². The Morgan fingerprint density at radius 2 is 1.89 bits per heavy atom. The zero-order valence-corrected chi connectivity index (χ0v) is 15.8. The highest BCUT2D eigenvalue weighted by molar-refractivity contribution is 7.90. The van der Waals surface area contributed by atoms with E-state index >= 15 is 0 Å². The summed E-state index contributed by atoms with van der Waals surface area (Å²) in [4.78, 5) is 13.0. The topological polar surface area (TPSA) is 87.0 Å². The number of hydrogen-bond acceptors (Lipinski definition) is 3. The number of amides is 1. The number of aryl methyl sites for hydroxylation is 1. The molecule has 1 aromatic heterocycles. The predicted octanol–water partition coefficient (Wildman–Crippen LogP) is 3.33. The second kappa shape index (κ2) is 6.63. The van der Waals surface area contributed by atoms with Crippen LogP contribution in [-0.4, -0.2) is 20.7 Å². The van der Waals surface area contributed by atoms with E-state index in [4.69, 9.17) is 4.78 Å². The monoisotopic (exact) mass is 412 g/mol. The fourth-order valence-corrected chi connectivity index (χ4v) is 5.43. The van der Waals surface area contributed by atoms with Gasteiger partial charge >= 0.3 is 0 Å². The van der Waals surface area contributed by atoms with Crippen molar-refractivity contribution in [3.63, 3.8) is 0 Å². The van der Waals surface area contributed by atoms with Crippen molar-refractivity contribution in [1.29, 1.82) is 4.78 Å². The lowest BCUT2D eigenvalue weighted by Gasteiger charge is -2.16. The molecule has 1 amide bonds. The van der Waals surface area contributed by atoms with Crippen molar-refractivity contribution in [2.75, 3.05) is 5.32 Å². The molecule has 1 aliphatic carbocycles. The summed E-state index contributed by atoms with van der Waals surface area (Å²) in [5.41, 5.74) is 0.419. The molecule has 0 spiro atoms. The Morgan fingerprint density at radius 1 is 1.25 bits per heavy atom. The van der Waals surface area contributed by atoms with Gasteiger partial charge in [0.05, 0.1) is 4.90 Å². The summed E-state index contributed by atoms with van der Waals surface area (Å²) in [5, 5.41) is 2.36. The second-order valence-electron chi connectivity index (χ2n) is 7.30. The number of carbonyl (C=O) groups excluding carboxylic acids is 1. The van der Waals surface area contributed by atoms with Gasteiger partial charge in [-0.3, -0.25) is 4.79 Å². The first-order valence-corrected chi connectivity index (χ1v) is 10.4. The number of nitrogens with zero attached hydrogens (tertiary/aromatic N) is 1. The van der Waals surface area contributed by atoms with E-state index in [1.807, 2.05) is 0 Å². The average molecular weight is 412 g/mol. The van der Waals surface area contributed by atoms with Crippen LogP contribution >= 0.6 is 0 Å². The molecule has 2 atom stereocenters. The number of aromatic nitrogens is 1. The molecular weight excluding hydrogens is 393 g/mol. The maximum Gasteiger partial charge on any atom is 0.272 e. The summed E-state index contributed by atoms with van der Waals surface area (Å²) in [6, 6.07) is 1.34. The van der Waals surface area contributed by atoms with Crippen molar-refractivity contribution in [2.24, 2.45) is 13.0 Å². The summed E-state index contributed by atoms with van der Waals surface area (Å²) in [5.74, 6) is -4.71. The lowest BCUT2D eigenvalue weighted by Crippen LogP contribution is -2.34. The summed E-state index contributed by atoms with van der Waals surface area (Å²) >= 11 is 0. The summed E-state index contributed by atoms with van der Waals surface area (Å²) in [6.07, 6.45) is 4.63. The molecule has 10 heteroatoms. The van der Waals surface area contributed by atoms with E-state index in [9.17, 15) is 22.2 Å². The Bertz CT molecular complexity index is 1050. The number of carbonyl (C=O) groups is 1. The normalized spacial score (nSPS) is 24.5. The highest BCUT2D eigenvalue weighted by Crippen LogP contribution is 2.38. The van der Waals surface area contributed by atoms with Gasteiger partial charge in [0.25, 0.3) is 5.91 Å². The van der Waals surface area contributed by atoms with Gasteiger partial charge in [0.2, 0.25) is 0 Å². The fourth-order valence-electron chi connectivity index (χ4n) is 3.72. The van der Waals surface area contributed by atoms with Gasteiger partial charge in [-0.05, 0) is 31.6 Å². The summed E-state index contributed by atoms with van der Waals surface area (Å²) < 4.78 is 65.6. The predicted molar refractivity (Wildman–Crippen MR) is 96.8 cm³/mol. The Morgan fingerprint density at radius 3 is 2.50 bits per heavy atom. The second-order valence-corrected chi connectivity index (χ2v) is 9.08. The Hall–Kier alpha value is -2.33. The number of nitrogens with one attached hydrogen (secondary N) is 3. The minimum Gasteiger partial charge on any atom is -0.345 e. The zero-order chi connectivity index (χ0) is 20.2. The molecule has 2 heterocycles. The molecule has 0 bridgehead atoms. The maximum atomic E-state index is 13.4. The number of anilines is 1. The lowest BCUT2D eigenvalue weighted by atomic mass is 10.0. The number of halogens is 3. The molecular formula is C18H19F3N4O2S. The van der Waals surface area contributed by atoms with Gasteiger partial charge in [0.1, 0.15) is 15.6 Å². The third-order valence-electron chi connectivity index (χ3n) is 5.23. The molecule has 28 heavy (non-hydrogen) atoms. The number of fused-ring (bicyclic) bond motifs is 1. The summed E-state index contributed by atoms with van der Waals surface area (Å²) in [7, 11) is -1.71. The first-order chi connectivity index (χ1) is 13.2. The molecule has 6 nitrogen and oxygen atoms in total. The van der Waals surface area contributed by atoms with Crippen molar-refractivity contribution in [2.45, 2.75) is 36.6 Å². The third kappa shape index (κ3) is 3.30. The van der Waals surface area contributed by atoms with Gasteiger partial charge in [0.15, 0.2) is 17.5 Å². The van der Waals surface area contributed by atoms with Gasteiger partial charge in [-0.1, -0.05) is 0 Å². The van der Waals surface area contributed by atoms with Crippen LogP contribution in [0.1, 0.15) is 35.3 Å². The van der Waals surface area contributed by atoms with Crippen LogP contribution in [0, 0.1) is 28.1 Å². The molecule has 1 aliphatic heterocycles. The first-order valence-electron chi connectivity index (χ1n) is 8.87. The smallest absolute Gasteiger partial charge is 0.272 e. The molecule has 1 unspecified atom stereocenters. The minimum atomic E-state index is -3.28. The molecule has 150 valence electrons. The zero-order valence-electron chi connectivity index (χ0n) is 15.0. The summed E-state index contributed by atoms with van der Waals surface area (Å²) in [6.45, 7) is 0. The van der Waals surface area contributed by atoms with E-state index in [1.54, 1.807) is 7.05 Å². The quantitative estimate of drug-likeness (QED) is 0.676. The molecule has 0 radical (unpaired) electrons. The van der Waals surface area contributed by atoms with Crippen LogP contribution in [0.25, 0.3) is 0 Å². The third-order valence-corrected chi connectivity index (χ3v) is 6.83. The van der Waals surface area contributed by atoms with Gasteiger partial charge in [-0.2, -0.15) is 0 Å². The van der Waals surface area contributed by atoms with Gasteiger partial charge in [0, 0.05) is 42.7 Å². The Kier molecular flexibility index (Phi) is 4.50. The van der Waals surface area contributed by atoms with Crippen LogP contribution in [0.2, 0.25) is 0 Å². The average Bonchev–Trinajstić information content (AvgIpc) is 3.40. The van der Waals surface area contributed by atoms with Crippen LogP contribution in [0.5, 0.6) is 0 Å². The van der Waals surface area contributed by atoms with Crippen LogP contribution in [-0.2, 0) is 23.4 Å². The van der Waals surface area contributed by atoms with E-state index in [0.717, 1.165) is 12.8 Å². The van der Waals surface area contributed by atoms with Gasteiger partial charge in [-0.15, -0.1) is 0 Å². The van der Waals surface area contributed by atoms with Gasteiger partial charge in [-0.25, -0.2) is 26.9 Å². The molecule has 1 saturated carbocycles. The van der Waals surface area contributed by atoms with E-state index < -0.39 is 33.3 Å². The van der Waals surface area contributed by atoms with Crippen molar-refractivity contribution in [3.05, 3.63) is 47.0 Å². The standard InChI is InChI=1S/C18H19F3N4O2S/c1-25-8-15-11(4-5-14(9-2-3-9)24-28(15,22)27)17(25)18(26)23-10-6-12(19)16(21)13(20)7-10/h6-9,14H,2-5H2,1H3,(H,23,26)(H2,22,24,27)/t14-,28?/m1/s1. The minimum absolute atomic E-state index is 0.0427. The Labute approximate surface area is 160 Å². The van der Waals surface area contributed by atoms with Crippen LogP contribution in [0.3, 0.4) is 0 Å². The van der Waals surface area contributed by atoms with E-state index in [2.05, 4.69) is 10.0 Å². The molecule has 2 aliphatic rings. The van der Waals surface area contributed by atoms with Crippen LogP contribution in [0.4, 0.5) is 18.9 Å².